The highest BCUT2D eigenvalue weighted by Crippen LogP contribution is 2.47. The highest BCUT2D eigenvalue weighted by molar-refractivity contribution is 6.75. The maximum Gasteiger partial charge on any atom is 0.250 e. The lowest BCUT2D eigenvalue weighted by Crippen LogP contribution is -2.46. The van der Waals surface area contributed by atoms with Gasteiger partial charge in [0.25, 0.3) is 16.6 Å². The Balaban J connectivity index is 2.32. The minimum Gasteiger partial charge on any atom is -0.541 e. The van der Waals surface area contributed by atoms with E-state index in [4.69, 9.17) is 23.1 Å². The fraction of sp³-hybridized carbons (Fsp3) is 0.429. The zero-order valence-electron chi connectivity index (χ0n) is 27.9. The zero-order chi connectivity index (χ0) is 31.5. The van der Waals surface area contributed by atoms with Gasteiger partial charge in [0.15, 0.2) is 17.2 Å². The first-order valence-electron chi connectivity index (χ1n) is 14.5. The molecular formula is C35H50O5Si2. The topological polar surface area (TPSA) is 46.2 Å². The van der Waals surface area contributed by atoms with E-state index < -0.39 is 16.6 Å². The molecule has 0 aliphatic heterocycles. The molecule has 228 valence electrons. The van der Waals surface area contributed by atoms with Crippen LogP contribution in [0, 0.1) is 0 Å². The second-order valence-electron chi connectivity index (χ2n) is 13.8. The molecule has 42 heavy (non-hydrogen) atoms. The molecule has 0 aromatic heterocycles. The molecule has 0 saturated carbocycles. The van der Waals surface area contributed by atoms with E-state index in [1.165, 1.54) is 0 Å². The SMILES string of the molecule is COc1cc(/C=C\c2cc(-c3ccccc3)cc(O[Si](C)(C)C(C)(C)C)c2O[Si](C)(C)C(C)(C)C)cc(OC)c1OC. The van der Waals surface area contributed by atoms with Gasteiger partial charge in [-0.1, -0.05) is 84.0 Å². The Bertz CT molecular complexity index is 1370. The molecule has 3 aromatic carbocycles. The molecule has 3 rings (SSSR count). The van der Waals surface area contributed by atoms with E-state index >= 15 is 0 Å². The summed E-state index contributed by atoms with van der Waals surface area (Å²) in [4.78, 5) is 0. The van der Waals surface area contributed by atoms with Crippen LogP contribution >= 0.6 is 0 Å². The Morgan fingerprint density at radius 1 is 0.548 bits per heavy atom. The van der Waals surface area contributed by atoms with Crippen LogP contribution in [0.5, 0.6) is 28.7 Å². The summed E-state index contributed by atoms with van der Waals surface area (Å²) in [6, 6.07) is 18.7. The summed E-state index contributed by atoms with van der Waals surface area (Å²) in [5.74, 6) is 3.38. The van der Waals surface area contributed by atoms with Crippen LogP contribution in [0.3, 0.4) is 0 Å². The Morgan fingerprint density at radius 2 is 1.07 bits per heavy atom. The van der Waals surface area contributed by atoms with Crippen molar-refractivity contribution in [1.82, 2.24) is 0 Å². The van der Waals surface area contributed by atoms with Gasteiger partial charge in [-0.15, -0.1) is 0 Å². The average molecular weight is 607 g/mol. The number of hydrogen-bond donors (Lipinski definition) is 0. The largest absolute Gasteiger partial charge is 0.541 e. The summed E-state index contributed by atoms with van der Waals surface area (Å²) in [7, 11) is 0.433. The summed E-state index contributed by atoms with van der Waals surface area (Å²) in [5.41, 5.74) is 4.08. The molecule has 0 saturated heterocycles. The Morgan fingerprint density at radius 3 is 1.55 bits per heavy atom. The van der Waals surface area contributed by atoms with Gasteiger partial charge in [-0.05, 0) is 77.2 Å². The van der Waals surface area contributed by atoms with Gasteiger partial charge >= 0.3 is 0 Å². The third-order valence-electron chi connectivity index (χ3n) is 8.67. The average Bonchev–Trinajstić information content (AvgIpc) is 2.91. The zero-order valence-corrected chi connectivity index (χ0v) is 29.9. The summed E-state index contributed by atoms with van der Waals surface area (Å²) in [5, 5.41) is 0.0350. The number of benzene rings is 3. The fourth-order valence-corrected chi connectivity index (χ4v) is 5.99. The normalized spacial score (nSPS) is 12.8. The van der Waals surface area contributed by atoms with Gasteiger partial charge in [-0.2, -0.15) is 0 Å². The first kappa shape index (κ1) is 33.3. The van der Waals surface area contributed by atoms with Crippen LogP contribution in [0.2, 0.25) is 36.3 Å². The Kier molecular flexibility index (Phi) is 10.00. The summed E-state index contributed by atoms with van der Waals surface area (Å²) >= 11 is 0. The van der Waals surface area contributed by atoms with E-state index in [1.54, 1.807) is 21.3 Å². The third kappa shape index (κ3) is 7.42. The van der Waals surface area contributed by atoms with Crippen LogP contribution in [0.4, 0.5) is 0 Å². The molecular weight excluding hydrogens is 557 g/mol. The van der Waals surface area contributed by atoms with Gasteiger partial charge in [0.05, 0.1) is 21.3 Å². The predicted molar refractivity (Wildman–Crippen MR) is 183 cm³/mol. The highest BCUT2D eigenvalue weighted by Gasteiger charge is 2.42. The molecule has 0 spiro atoms. The first-order valence-corrected chi connectivity index (χ1v) is 20.4. The van der Waals surface area contributed by atoms with Crippen LogP contribution in [-0.2, 0) is 0 Å². The van der Waals surface area contributed by atoms with E-state index in [-0.39, 0.29) is 10.1 Å². The maximum atomic E-state index is 7.11. The lowest BCUT2D eigenvalue weighted by atomic mass is 10.0. The van der Waals surface area contributed by atoms with Crippen LogP contribution in [0.25, 0.3) is 23.3 Å². The van der Waals surface area contributed by atoms with E-state index in [2.05, 4.69) is 116 Å². The smallest absolute Gasteiger partial charge is 0.250 e. The number of ether oxygens (including phenoxy) is 3. The summed E-state index contributed by atoms with van der Waals surface area (Å²) < 4.78 is 30.9. The molecule has 0 aliphatic carbocycles. The van der Waals surface area contributed by atoms with E-state index in [0.29, 0.717) is 17.2 Å². The summed E-state index contributed by atoms with van der Waals surface area (Å²) in [6.45, 7) is 22.7. The van der Waals surface area contributed by atoms with Crippen molar-refractivity contribution < 1.29 is 23.1 Å². The quantitative estimate of drug-likeness (QED) is 0.170. The molecule has 0 radical (unpaired) electrons. The maximum absolute atomic E-state index is 7.11. The molecule has 0 N–H and O–H groups in total. The van der Waals surface area contributed by atoms with Crippen molar-refractivity contribution in [2.75, 3.05) is 21.3 Å². The molecule has 0 unspecified atom stereocenters. The van der Waals surface area contributed by atoms with Gasteiger partial charge in [-0.3, -0.25) is 0 Å². The molecule has 0 bridgehead atoms. The van der Waals surface area contributed by atoms with Crippen LogP contribution in [0.1, 0.15) is 52.7 Å². The van der Waals surface area contributed by atoms with Gasteiger partial charge in [-0.25, -0.2) is 0 Å². The Labute approximate surface area is 256 Å². The number of methoxy groups -OCH3 is 3. The van der Waals surface area contributed by atoms with Gasteiger partial charge in [0.2, 0.25) is 5.75 Å². The van der Waals surface area contributed by atoms with E-state index in [1.807, 2.05) is 18.2 Å². The lowest BCUT2D eigenvalue weighted by molar-refractivity contribution is 0.324. The Hall–Kier alpha value is -3.17. The molecule has 0 aliphatic rings. The van der Waals surface area contributed by atoms with Crippen molar-refractivity contribution >= 4 is 28.8 Å². The second kappa shape index (κ2) is 12.6. The minimum atomic E-state index is -2.23. The van der Waals surface area contributed by atoms with Crippen molar-refractivity contribution in [3.63, 3.8) is 0 Å². The van der Waals surface area contributed by atoms with Crippen molar-refractivity contribution in [2.45, 2.75) is 77.8 Å². The molecule has 0 amide bonds. The number of hydrogen-bond acceptors (Lipinski definition) is 5. The van der Waals surface area contributed by atoms with Crippen molar-refractivity contribution in [3.05, 3.63) is 65.7 Å². The van der Waals surface area contributed by atoms with Crippen molar-refractivity contribution in [1.29, 1.82) is 0 Å². The van der Waals surface area contributed by atoms with Gasteiger partial charge < -0.3 is 23.1 Å². The van der Waals surface area contributed by atoms with Gasteiger partial charge in [0.1, 0.15) is 5.75 Å². The second-order valence-corrected chi connectivity index (χ2v) is 23.2. The molecule has 7 heteroatoms. The monoisotopic (exact) mass is 606 g/mol. The van der Waals surface area contributed by atoms with Crippen molar-refractivity contribution in [3.8, 4) is 39.9 Å². The molecule has 5 nitrogen and oxygen atoms in total. The van der Waals surface area contributed by atoms with Crippen LogP contribution in [0.15, 0.2) is 54.6 Å². The highest BCUT2D eigenvalue weighted by atomic mass is 28.4. The molecule has 0 fully saturated rings. The standard InChI is InChI=1S/C35H50O5Si2/c1-34(2,3)41(10,11)39-31-24-28(26-17-15-14-16-18-26)23-27(32(31)40-42(12,13)35(4,5)6)20-19-25-21-29(36-7)33(38-9)30(22-25)37-8/h14-24H,1-13H3/b20-19-. The van der Waals surface area contributed by atoms with Crippen LogP contribution < -0.4 is 23.1 Å². The molecule has 0 atom stereocenters. The van der Waals surface area contributed by atoms with E-state index in [9.17, 15) is 0 Å². The van der Waals surface area contributed by atoms with Gasteiger partial charge in [0, 0.05) is 5.56 Å². The third-order valence-corrected chi connectivity index (χ3v) is 17.3. The predicted octanol–water partition coefficient (Wildman–Crippen LogP) is 10.3. The fourth-order valence-electron chi connectivity index (χ4n) is 3.95. The molecule has 0 heterocycles. The number of rotatable bonds is 10. The minimum absolute atomic E-state index is 0.0110. The lowest BCUT2D eigenvalue weighted by Gasteiger charge is -2.40. The van der Waals surface area contributed by atoms with Crippen molar-refractivity contribution in [2.24, 2.45) is 0 Å². The molecule has 3 aromatic rings. The summed E-state index contributed by atoms with van der Waals surface area (Å²) in [6.07, 6.45) is 4.16. The van der Waals surface area contributed by atoms with E-state index in [0.717, 1.165) is 33.8 Å². The van der Waals surface area contributed by atoms with Crippen LogP contribution in [-0.4, -0.2) is 38.0 Å². The first-order chi connectivity index (χ1) is 19.4.